The largest absolute Gasteiger partial charge is 0.368 e. The molecular formula is C14H16N2OS. The maximum Gasteiger partial charge on any atom is 0.222 e. The fourth-order valence-corrected chi connectivity index (χ4v) is 3.62. The van der Waals surface area contributed by atoms with Gasteiger partial charge >= 0.3 is 0 Å². The van der Waals surface area contributed by atoms with E-state index in [9.17, 15) is 0 Å². The van der Waals surface area contributed by atoms with E-state index in [1.54, 1.807) is 6.07 Å². The number of anilines is 1. The van der Waals surface area contributed by atoms with Crippen molar-refractivity contribution < 1.29 is 4.52 Å². The molecule has 1 aromatic heterocycles. The smallest absolute Gasteiger partial charge is 0.222 e. The molecule has 0 spiro atoms. The highest BCUT2D eigenvalue weighted by molar-refractivity contribution is 7.99. The van der Waals surface area contributed by atoms with Crippen LogP contribution in [0.1, 0.15) is 24.3 Å². The van der Waals surface area contributed by atoms with E-state index in [2.05, 4.69) is 23.4 Å². The van der Waals surface area contributed by atoms with Crippen molar-refractivity contribution in [1.29, 1.82) is 0 Å². The zero-order valence-corrected chi connectivity index (χ0v) is 11.0. The summed E-state index contributed by atoms with van der Waals surface area (Å²) in [5.41, 5.74) is 9.00. The second kappa shape index (κ2) is 5.06. The van der Waals surface area contributed by atoms with E-state index in [1.807, 2.05) is 17.8 Å². The second-order valence-corrected chi connectivity index (χ2v) is 5.81. The lowest BCUT2D eigenvalue weighted by molar-refractivity contribution is 0.439. The number of aromatic nitrogens is 1. The zero-order chi connectivity index (χ0) is 12.4. The molecule has 0 atom stereocenters. The minimum atomic E-state index is 0.374. The number of nitrogen functional groups attached to an aromatic ring is 1. The van der Waals surface area contributed by atoms with E-state index in [1.165, 1.54) is 29.9 Å². The van der Waals surface area contributed by atoms with Gasteiger partial charge in [0.25, 0.3) is 0 Å². The average Bonchev–Trinajstić information content (AvgIpc) is 2.86. The van der Waals surface area contributed by atoms with Crippen molar-refractivity contribution in [3.63, 3.8) is 0 Å². The Balaban J connectivity index is 1.99. The molecule has 0 amide bonds. The van der Waals surface area contributed by atoms with E-state index < -0.39 is 0 Å². The van der Waals surface area contributed by atoms with Gasteiger partial charge in [-0.3, -0.25) is 0 Å². The molecule has 1 fully saturated rings. The molecule has 1 aliphatic heterocycles. The van der Waals surface area contributed by atoms with E-state index in [4.69, 9.17) is 10.3 Å². The van der Waals surface area contributed by atoms with Crippen LogP contribution in [0.2, 0.25) is 0 Å². The summed E-state index contributed by atoms with van der Waals surface area (Å²) in [7, 11) is 0. The van der Waals surface area contributed by atoms with Crippen molar-refractivity contribution in [3.05, 3.63) is 35.9 Å². The summed E-state index contributed by atoms with van der Waals surface area (Å²) in [6.45, 7) is 0. The lowest BCUT2D eigenvalue weighted by Crippen LogP contribution is -2.08. The molecule has 2 heterocycles. The molecule has 18 heavy (non-hydrogen) atoms. The van der Waals surface area contributed by atoms with Gasteiger partial charge in [0, 0.05) is 11.6 Å². The topological polar surface area (TPSA) is 52.0 Å². The van der Waals surface area contributed by atoms with E-state index >= 15 is 0 Å². The predicted molar refractivity (Wildman–Crippen MR) is 75.7 cm³/mol. The number of nitrogens with zero attached hydrogens (tertiary/aromatic N) is 1. The molecule has 4 heteroatoms. The van der Waals surface area contributed by atoms with Crippen LogP contribution >= 0.6 is 11.8 Å². The molecule has 0 aliphatic carbocycles. The third-order valence-electron chi connectivity index (χ3n) is 3.43. The van der Waals surface area contributed by atoms with Crippen LogP contribution in [0.25, 0.3) is 11.3 Å². The summed E-state index contributed by atoms with van der Waals surface area (Å²) in [5, 5.41) is 4.04. The summed E-state index contributed by atoms with van der Waals surface area (Å²) in [5.74, 6) is 3.51. The fraction of sp³-hybridized carbons (Fsp3) is 0.357. The molecule has 2 aromatic rings. The predicted octanol–water partition coefficient (Wildman–Crippen LogP) is 3.53. The van der Waals surface area contributed by atoms with Crippen LogP contribution in [0.15, 0.2) is 34.9 Å². The first-order valence-electron chi connectivity index (χ1n) is 6.24. The lowest BCUT2D eigenvalue weighted by atomic mass is 9.88. The van der Waals surface area contributed by atoms with Gasteiger partial charge in [0.15, 0.2) is 0 Å². The molecule has 3 rings (SSSR count). The first-order valence-corrected chi connectivity index (χ1v) is 7.39. The molecular weight excluding hydrogens is 244 g/mol. The molecule has 0 radical (unpaired) electrons. The first kappa shape index (κ1) is 11.7. The summed E-state index contributed by atoms with van der Waals surface area (Å²) in [6, 6.07) is 10.3. The number of benzene rings is 1. The second-order valence-electron chi connectivity index (χ2n) is 4.59. The molecule has 1 aliphatic rings. The number of rotatable bonds is 2. The summed E-state index contributed by atoms with van der Waals surface area (Å²) in [4.78, 5) is 0. The zero-order valence-electron chi connectivity index (χ0n) is 10.1. The van der Waals surface area contributed by atoms with Gasteiger partial charge in [0.2, 0.25) is 5.88 Å². The molecule has 3 nitrogen and oxygen atoms in total. The fourth-order valence-electron chi connectivity index (χ4n) is 2.51. The number of hydrogen-bond acceptors (Lipinski definition) is 4. The van der Waals surface area contributed by atoms with E-state index in [0.29, 0.717) is 11.8 Å². The monoisotopic (exact) mass is 260 g/mol. The van der Waals surface area contributed by atoms with Crippen LogP contribution in [0.5, 0.6) is 0 Å². The van der Waals surface area contributed by atoms with Gasteiger partial charge in [-0.05, 0) is 35.8 Å². The highest BCUT2D eigenvalue weighted by atomic mass is 32.2. The Labute approximate surface area is 111 Å². The van der Waals surface area contributed by atoms with E-state index in [0.717, 1.165) is 11.3 Å². The van der Waals surface area contributed by atoms with Gasteiger partial charge in [-0.15, -0.1) is 0 Å². The van der Waals surface area contributed by atoms with Gasteiger partial charge in [-0.1, -0.05) is 29.4 Å². The minimum Gasteiger partial charge on any atom is -0.368 e. The van der Waals surface area contributed by atoms with Crippen molar-refractivity contribution in [2.24, 2.45) is 0 Å². The molecule has 2 N–H and O–H groups in total. The van der Waals surface area contributed by atoms with Gasteiger partial charge in [0.1, 0.15) is 5.69 Å². The Hall–Kier alpha value is -1.42. The maximum absolute atomic E-state index is 5.61. The van der Waals surface area contributed by atoms with Crippen LogP contribution in [0.3, 0.4) is 0 Å². The third-order valence-corrected chi connectivity index (χ3v) is 4.48. The van der Waals surface area contributed by atoms with Crippen molar-refractivity contribution in [2.75, 3.05) is 17.2 Å². The summed E-state index contributed by atoms with van der Waals surface area (Å²) in [6.07, 6.45) is 2.49. The highest BCUT2D eigenvalue weighted by Crippen LogP contribution is 2.37. The van der Waals surface area contributed by atoms with Gasteiger partial charge in [-0.25, -0.2) is 0 Å². The highest BCUT2D eigenvalue weighted by Gasteiger charge is 2.20. The SMILES string of the molecule is Nc1cc(-c2ccccc2C2CCSCC2)no1. The quantitative estimate of drug-likeness (QED) is 0.897. The molecule has 0 unspecified atom stereocenters. The summed E-state index contributed by atoms with van der Waals surface area (Å²) < 4.78 is 4.98. The van der Waals surface area contributed by atoms with Crippen molar-refractivity contribution in [3.8, 4) is 11.3 Å². The summed E-state index contributed by atoms with van der Waals surface area (Å²) >= 11 is 2.04. The number of nitrogens with two attached hydrogens (primary N) is 1. The maximum atomic E-state index is 5.61. The van der Waals surface area contributed by atoms with Crippen molar-refractivity contribution >= 4 is 17.6 Å². The van der Waals surface area contributed by atoms with Gasteiger partial charge in [-0.2, -0.15) is 11.8 Å². The van der Waals surface area contributed by atoms with Crippen LogP contribution in [-0.2, 0) is 0 Å². The van der Waals surface area contributed by atoms with Crippen molar-refractivity contribution in [1.82, 2.24) is 5.16 Å². The average molecular weight is 260 g/mol. The first-order chi connectivity index (χ1) is 8.84. The van der Waals surface area contributed by atoms with Crippen LogP contribution in [-0.4, -0.2) is 16.7 Å². The lowest BCUT2D eigenvalue weighted by Gasteiger charge is -2.23. The molecule has 0 saturated carbocycles. The Bertz CT molecular complexity index is 532. The normalized spacial score (nSPS) is 16.9. The standard InChI is InChI=1S/C14H16N2OS/c15-14-9-13(16-17-14)12-4-2-1-3-11(12)10-5-7-18-8-6-10/h1-4,9-10H,5-8,15H2. The molecule has 0 bridgehead atoms. The molecule has 94 valence electrons. The Morgan fingerprint density at radius 1 is 1.22 bits per heavy atom. The van der Waals surface area contributed by atoms with Crippen LogP contribution in [0, 0.1) is 0 Å². The minimum absolute atomic E-state index is 0.374. The van der Waals surface area contributed by atoms with E-state index in [-0.39, 0.29) is 0 Å². The number of thioether (sulfide) groups is 1. The van der Waals surface area contributed by atoms with Crippen LogP contribution in [0.4, 0.5) is 5.88 Å². The number of hydrogen-bond donors (Lipinski definition) is 1. The van der Waals surface area contributed by atoms with Gasteiger partial charge < -0.3 is 10.3 Å². The van der Waals surface area contributed by atoms with Crippen LogP contribution < -0.4 is 5.73 Å². The molecule has 1 saturated heterocycles. The Morgan fingerprint density at radius 3 is 2.72 bits per heavy atom. The van der Waals surface area contributed by atoms with Gasteiger partial charge in [0.05, 0.1) is 0 Å². The molecule has 1 aromatic carbocycles. The third kappa shape index (κ3) is 2.25. The van der Waals surface area contributed by atoms with Crippen molar-refractivity contribution in [2.45, 2.75) is 18.8 Å². The Morgan fingerprint density at radius 2 is 2.00 bits per heavy atom. The Kier molecular flexibility index (Phi) is 3.28.